The van der Waals surface area contributed by atoms with Gasteiger partial charge in [0.15, 0.2) is 0 Å². The van der Waals surface area contributed by atoms with Crippen molar-refractivity contribution in [3.05, 3.63) is 0 Å². The fraction of sp³-hybridized carbons (Fsp3) is 1.00. The first-order chi connectivity index (χ1) is 8.16. The van der Waals surface area contributed by atoms with Gasteiger partial charge in [-0.1, -0.05) is 13.8 Å². The van der Waals surface area contributed by atoms with Gasteiger partial charge in [0.05, 0.1) is 12.2 Å². The third kappa shape index (κ3) is 4.47. The zero-order valence-electron chi connectivity index (χ0n) is 11.3. The molecule has 0 spiro atoms. The first-order valence-electron chi connectivity index (χ1n) is 6.24. The second-order valence-corrected chi connectivity index (χ2v) is 7.50. The third-order valence-electron chi connectivity index (χ3n) is 3.15. The molecule has 3 unspecified atom stereocenters. The van der Waals surface area contributed by atoms with Crippen LogP contribution in [0, 0.1) is 11.8 Å². The summed E-state index contributed by atoms with van der Waals surface area (Å²) < 4.78 is 27.9. The van der Waals surface area contributed by atoms with E-state index in [0.29, 0.717) is 24.9 Å². The molecule has 1 rings (SSSR count). The highest BCUT2D eigenvalue weighted by Crippen LogP contribution is 2.22. The van der Waals surface area contributed by atoms with E-state index in [1.54, 1.807) is 0 Å². The number of nitrogens with one attached hydrogen (secondary N) is 1. The van der Waals surface area contributed by atoms with Gasteiger partial charge >= 0.3 is 0 Å². The van der Waals surface area contributed by atoms with Crippen LogP contribution in [0.3, 0.4) is 0 Å². The average Bonchev–Trinajstić information content (AvgIpc) is 2.25. The van der Waals surface area contributed by atoms with Crippen molar-refractivity contribution in [1.29, 1.82) is 0 Å². The maximum absolute atomic E-state index is 12.1. The van der Waals surface area contributed by atoms with Gasteiger partial charge in [0.1, 0.15) is 0 Å². The van der Waals surface area contributed by atoms with Crippen LogP contribution >= 0.6 is 0 Å². The molecular weight excluding hydrogens is 256 g/mol. The normalized spacial score (nSPS) is 30.1. The van der Waals surface area contributed by atoms with E-state index >= 15 is 0 Å². The van der Waals surface area contributed by atoms with E-state index < -0.39 is 22.4 Å². The van der Waals surface area contributed by atoms with Crippen LogP contribution in [-0.2, 0) is 10.2 Å². The van der Waals surface area contributed by atoms with Crippen LogP contribution in [0.2, 0.25) is 0 Å². The van der Waals surface area contributed by atoms with Gasteiger partial charge in [-0.3, -0.25) is 0 Å². The highest BCUT2D eigenvalue weighted by atomic mass is 32.2. The number of nitrogens with zero attached hydrogens (tertiary/aromatic N) is 1. The maximum atomic E-state index is 12.1. The predicted octanol–water partition coefficient (Wildman–Crippen LogP) is -0.458. The molecular formula is C11H24N2O4S. The van der Waals surface area contributed by atoms with Crippen molar-refractivity contribution in [1.82, 2.24) is 9.03 Å². The first kappa shape index (κ1) is 15.8. The van der Waals surface area contributed by atoms with Gasteiger partial charge < -0.3 is 10.2 Å². The minimum Gasteiger partial charge on any atom is -0.393 e. The van der Waals surface area contributed by atoms with Crippen molar-refractivity contribution >= 4 is 10.2 Å². The molecule has 3 atom stereocenters. The predicted molar refractivity (Wildman–Crippen MR) is 69.2 cm³/mol. The first-order valence-corrected chi connectivity index (χ1v) is 7.68. The fourth-order valence-corrected chi connectivity index (χ4v) is 3.77. The Balaban J connectivity index is 2.63. The molecule has 0 aromatic rings. The Morgan fingerprint density at radius 2 is 1.83 bits per heavy atom. The van der Waals surface area contributed by atoms with E-state index in [-0.39, 0.29) is 6.54 Å². The summed E-state index contributed by atoms with van der Waals surface area (Å²) in [5.74, 6) is 0.673. The second kappa shape index (κ2) is 5.83. The summed E-state index contributed by atoms with van der Waals surface area (Å²) in [6.45, 7) is 5.77. The van der Waals surface area contributed by atoms with Gasteiger partial charge in [0, 0.05) is 19.6 Å². The lowest BCUT2D eigenvalue weighted by atomic mass is 9.94. The average molecular weight is 280 g/mol. The maximum Gasteiger partial charge on any atom is 0.279 e. The molecule has 1 aliphatic heterocycles. The molecule has 1 heterocycles. The molecule has 3 N–H and O–H groups in total. The number of hydrogen-bond acceptors (Lipinski definition) is 4. The highest BCUT2D eigenvalue weighted by molar-refractivity contribution is 7.87. The van der Waals surface area contributed by atoms with Gasteiger partial charge in [-0.15, -0.1) is 0 Å². The zero-order valence-corrected chi connectivity index (χ0v) is 12.1. The van der Waals surface area contributed by atoms with Gasteiger partial charge in [0.2, 0.25) is 0 Å². The van der Waals surface area contributed by atoms with E-state index in [1.165, 1.54) is 11.2 Å². The summed E-state index contributed by atoms with van der Waals surface area (Å²) in [5.41, 5.74) is -1.43. The third-order valence-corrected chi connectivity index (χ3v) is 4.64. The number of hydrogen-bond donors (Lipinski definition) is 3. The zero-order chi connectivity index (χ0) is 14.0. The highest BCUT2D eigenvalue weighted by Gasteiger charge is 2.31. The van der Waals surface area contributed by atoms with E-state index in [1.807, 2.05) is 13.8 Å². The lowest BCUT2D eigenvalue weighted by Gasteiger charge is -2.34. The Bertz CT molecular complexity index is 359. The lowest BCUT2D eigenvalue weighted by Crippen LogP contribution is -2.51. The molecule has 7 heteroatoms. The Labute approximate surface area is 109 Å². The van der Waals surface area contributed by atoms with Crippen LogP contribution in [0.1, 0.15) is 27.2 Å². The monoisotopic (exact) mass is 280 g/mol. The molecule has 0 saturated carbocycles. The van der Waals surface area contributed by atoms with Crippen LogP contribution in [0.4, 0.5) is 0 Å². The molecule has 1 saturated heterocycles. The van der Waals surface area contributed by atoms with Crippen molar-refractivity contribution in [3.8, 4) is 0 Å². The lowest BCUT2D eigenvalue weighted by molar-refractivity contribution is 0.00643. The molecule has 6 nitrogen and oxygen atoms in total. The molecule has 0 aromatic carbocycles. The van der Waals surface area contributed by atoms with Crippen molar-refractivity contribution in [2.45, 2.75) is 32.8 Å². The quantitative estimate of drug-likeness (QED) is 0.636. The van der Waals surface area contributed by atoms with E-state index in [2.05, 4.69) is 4.72 Å². The summed E-state index contributed by atoms with van der Waals surface area (Å²) in [6, 6.07) is 0. The smallest absolute Gasteiger partial charge is 0.279 e. The Morgan fingerprint density at radius 1 is 1.33 bits per heavy atom. The molecule has 1 aliphatic rings. The van der Waals surface area contributed by atoms with E-state index in [0.717, 1.165) is 6.42 Å². The largest absolute Gasteiger partial charge is 0.393 e. The standard InChI is InChI=1S/C11H24N2O4S/c1-9-4-10(2)6-13(5-9)18(16,17)12-7-11(3,15)8-14/h9-10,12,14-15H,4-8H2,1-3H3. The molecule has 0 radical (unpaired) electrons. The van der Waals surface area contributed by atoms with Crippen LogP contribution < -0.4 is 4.72 Å². The van der Waals surface area contributed by atoms with Gasteiger partial charge in [-0.2, -0.15) is 17.4 Å². The van der Waals surface area contributed by atoms with Crippen molar-refractivity contribution in [2.75, 3.05) is 26.2 Å². The van der Waals surface area contributed by atoms with Crippen molar-refractivity contribution in [2.24, 2.45) is 11.8 Å². The van der Waals surface area contributed by atoms with Crippen LogP contribution in [0.25, 0.3) is 0 Å². The fourth-order valence-electron chi connectivity index (χ4n) is 2.20. The van der Waals surface area contributed by atoms with Crippen molar-refractivity contribution < 1.29 is 18.6 Å². The van der Waals surface area contributed by atoms with Gasteiger partial charge in [-0.05, 0) is 25.2 Å². The van der Waals surface area contributed by atoms with Crippen molar-refractivity contribution in [3.63, 3.8) is 0 Å². The second-order valence-electron chi connectivity index (χ2n) is 5.74. The molecule has 18 heavy (non-hydrogen) atoms. The Hall–Kier alpha value is -0.210. The molecule has 0 amide bonds. The topological polar surface area (TPSA) is 89.9 Å². The molecule has 0 aliphatic carbocycles. The summed E-state index contributed by atoms with van der Waals surface area (Å²) in [6.07, 6.45) is 1.03. The molecule has 1 fully saturated rings. The number of aliphatic hydroxyl groups is 2. The molecule has 108 valence electrons. The van der Waals surface area contributed by atoms with Gasteiger partial charge in [0.25, 0.3) is 10.2 Å². The summed E-state index contributed by atoms with van der Waals surface area (Å²) in [5, 5.41) is 18.5. The van der Waals surface area contributed by atoms with E-state index in [9.17, 15) is 13.5 Å². The number of aliphatic hydroxyl groups excluding tert-OH is 1. The molecule has 0 aromatic heterocycles. The Morgan fingerprint density at radius 3 is 2.28 bits per heavy atom. The number of rotatable bonds is 5. The Kier molecular flexibility index (Phi) is 5.13. The van der Waals surface area contributed by atoms with Crippen LogP contribution in [0.5, 0.6) is 0 Å². The summed E-state index contributed by atoms with van der Waals surface area (Å²) >= 11 is 0. The minimum atomic E-state index is -3.58. The summed E-state index contributed by atoms with van der Waals surface area (Å²) in [4.78, 5) is 0. The SMILES string of the molecule is CC1CC(C)CN(S(=O)(=O)NCC(C)(O)CO)C1. The van der Waals surface area contributed by atoms with Crippen LogP contribution in [0.15, 0.2) is 0 Å². The minimum absolute atomic E-state index is 0.189. The summed E-state index contributed by atoms with van der Waals surface area (Å²) in [7, 11) is -3.58. The number of piperidine rings is 1. The molecule has 0 bridgehead atoms. The van der Waals surface area contributed by atoms with Gasteiger partial charge in [-0.25, -0.2) is 0 Å². The van der Waals surface area contributed by atoms with Crippen LogP contribution in [-0.4, -0.2) is 54.8 Å². The van der Waals surface area contributed by atoms with E-state index in [4.69, 9.17) is 5.11 Å².